The first-order valence-corrected chi connectivity index (χ1v) is 14.1. The topological polar surface area (TPSA) is 189 Å². The van der Waals surface area contributed by atoms with Gasteiger partial charge in [0.2, 0.25) is 0 Å². The van der Waals surface area contributed by atoms with Crippen LogP contribution in [-0.4, -0.2) is 85.8 Å². The van der Waals surface area contributed by atoms with E-state index in [0.717, 1.165) is 0 Å². The van der Waals surface area contributed by atoms with Gasteiger partial charge in [-0.05, 0) is 51.5 Å². The Balaban J connectivity index is 0.000000543. The molecule has 0 aliphatic heterocycles. The summed E-state index contributed by atoms with van der Waals surface area (Å²) in [7, 11) is 0. The maximum absolute atomic E-state index is 13.0. The molecule has 5 N–H and O–H groups in total. The van der Waals surface area contributed by atoms with Crippen molar-refractivity contribution in [1.29, 1.82) is 0 Å². The number of aliphatic carboxylic acids is 2. The van der Waals surface area contributed by atoms with Crippen molar-refractivity contribution in [2.24, 2.45) is 0 Å². The number of carbonyl (C=O) groups is 3. The van der Waals surface area contributed by atoms with Crippen LogP contribution in [0.2, 0.25) is 0 Å². The molecule has 51 heavy (non-hydrogen) atoms. The van der Waals surface area contributed by atoms with E-state index in [2.05, 4.69) is 30.8 Å². The number of aryl methyl sites for hydroxylation is 1. The Hall–Kier alpha value is -5.76. The van der Waals surface area contributed by atoms with E-state index in [1.807, 2.05) is 26.8 Å². The van der Waals surface area contributed by atoms with Gasteiger partial charge in [-0.25, -0.2) is 28.3 Å². The number of benzene rings is 2. The smallest absolute Gasteiger partial charge is 0.487 e. The van der Waals surface area contributed by atoms with Gasteiger partial charge in [0.05, 0.1) is 10.9 Å². The fourth-order valence-corrected chi connectivity index (χ4v) is 3.63. The Morgan fingerprint density at radius 1 is 0.902 bits per heavy atom. The zero-order valence-electron chi connectivity index (χ0n) is 26.9. The van der Waals surface area contributed by atoms with Crippen LogP contribution < -0.4 is 20.1 Å². The summed E-state index contributed by atoms with van der Waals surface area (Å²) in [5, 5.41) is 27.5. The molecule has 4 aromatic rings. The molecule has 0 aliphatic carbocycles. The zero-order chi connectivity index (χ0) is 38.7. The van der Waals surface area contributed by atoms with Gasteiger partial charge < -0.3 is 30.3 Å². The van der Waals surface area contributed by atoms with Crippen molar-refractivity contribution in [1.82, 2.24) is 25.5 Å². The molecule has 2 aromatic heterocycles. The third kappa shape index (κ3) is 13.9. The number of fused-ring (bicyclic) bond motifs is 1. The zero-order valence-corrected chi connectivity index (χ0v) is 26.9. The molecule has 0 radical (unpaired) electrons. The molecular formula is C30H30F8N6O7. The lowest BCUT2D eigenvalue weighted by molar-refractivity contribution is -0.193. The molecule has 0 saturated carbocycles. The van der Waals surface area contributed by atoms with Crippen LogP contribution in [0, 0.1) is 6.92 Å². The first-order chi connectivity index (χ1) is 23.5. The van der Waals surface area contributed by atoms with Gasteiger partial charge >= 0.3 is 24.3 Å². The van der Waals surface area contributed by atoms with Crippen molar-refractivity contribution in [2.45, 2.75) is 52.0 Å². The highest BCUT2D eigenvalue weighted by Crippen LogP contribution is 2.36. The van der Waals surface area contributed by atoms with Crippen LogP contribution in [0.15, 0.2) is 48.7 Å². The minimum absolute atomic E-state index is 0.143. The molecule has 0 unspecified atom stereocenters. The summed E-state index contributed by atoms with van der Waals surface area (Å²) in [5.74, 6) is -3.83. The first kappa shape index (κ1) is 41.4. The molecule has 0 saturated heterocycles. The normalized spacial score (nSPS) is 11.5. The molecule has 13 nitrogen and oxygen atoms in total. The number of rotatable bonds is 9. The van der Waals surface area contributed by atoms with Crippen LogP contribution in [0.1, 0.15) is 26.3 Å². The number of ether oxygens (including phenoxy) is 2. The maximum atomic E-state index is 13.0. The van der Waals surface area contributed by atoms with Gasteiger partial charge in [-0.15, -0.1) is 0 Å². The first-order valence-electron chi connectivity index (χ1n) is 14.1. The number of H-pyrrole nitrogens is 1. The predicted octanol–water partition coefficient (Wildman–Crippen LogP) is 6.28. The SMILES string of the molecule is Cc1ccc2nc(-c3cccc(OCC(=O)NC(C)(C)C)c3)nc(Nc3cc[nH]n3)c2c1OCC(F)F.O=C(O)C(F)(F)F.O=C(O)C(F)(F)F. The second-order valence-electron chi connectivity index (χ2n) is 11.0. The van der Waals surface area contributed by atoms with Gasteiger partial charge in [-0.1, -0.05) is 18.2 Å². The molecule has 278 valence electrons. The molecule has 0 spiro atoms. The molecule has 0 fully saturated rings. The van der Waals surface area contributed by atoms with Gasteiger partial charge in [-0.3, -0.25) is 9.89 Å². The van der Waals surface area contributed by atoms with Crippen molar-refractivity contribution in [3.8, 4) is 22.9 Å². The maximum Gasteiger partial charge on any atom is 0.490 e. The number of nitrogens with zero attached hydrogens (tertiary/aromatic N) is 3. The number of carbonyl (C=O) groups excluding carboxylic acids is 1. The van der Waals surface area contributed by atoms with Crippen LogP contribution in [0.4, 0.5) is 46.8 Å². The van der Waals surface area contributed by atoms with E-state index >= 15 is 0 Å². The minimum Gasteiger partial charge on any atom is -0.487 e. The number of aromatic nitrogens is 4. The molecule has 0 atom stereocenters. The molecule has 1 amide bonds. The molecular weight excluding hydrogens is 708 g/mol. The van der Waals surface area contributed by atoms with E-state index in [4.69, 9.17) is 29.3 Å². The van der Waals surface area contributed by atoms with Crippen LogP contribution >= 0.6 is 0 Å². The number of hydrogen-bond acceptors (Lipinski definition) is 9. The Labute approximate surface area is 283 Å². The lowest BCUT2D eigenvalue weighted by atomic mass is 10.1. The standard InChI is InChI=1S/C26H28F2N6O3.2C2HF3O2/c1-15-8-9-18-22(23(15)37-13-19(27)28)25(31-20-10-11-29-34-20)32-24(30-18)16-6-5-7-17(12-16)36-14-21(35)33-26(2,3)4;2*3-2(4,5)1(6)7/h5-12,19H,13-14H2,1-4H3,(H,33,35)(H2,29,30,31,32,34);2*(H,6,7). The number of anilines is 2. The minimum atomic E-state index is -5.08. The number of nitrogens with one attached hydrogen (secondary N) is 3. The Bertz CT molecular complexity index is 1770. The van der Waals surface area contributed by atoms with Crippen molar-refractivity contribution in [3.05, 3.63) is 54.2 Å². The number of aromatic amines is 1. The molecule has 4 rings (SSSR count). The summed E-state index contributed by atoms with van der Waals surface area (Å²) in [6.07, 6.45) is -11.2. The number of hydrogen-bond donors (Lipinski definition) is 5. The number of halogens is 8. The molecule has 2 aromatic carbocycles. The highest BCUT2D eigenvalue weighted by Gasteiger charge is 2.39. The van der Waals surface area contributed by atoms with Crippen LogP contribution in [-0.2, 0) is 14.4 Å². The Kier molecular flexibility index (Phi) is 14.0. The highest BCUT2D eigenvalue weighted by atomic mass is 19.4. The second kappa shape index (κ2) is 17.3. The van der Waals surface area contributed by atoms with Crippen molar-refractivity contribution in [2.75, 3.05) is 18.5 Å². The summed E-state index contributed by atoms with van der Waals surface area (Å²) in [4.78, 5) is 39.3. The average Bonchev–Trinajstić information content (AvgIpc) is 3.51. The number of carboxylic acid groups (broad SMARTS) is 2. The number of carboxylic acids is 2. The van der Waals surface area contributed by atoms with E-state index in [1.54, 1.807) is 49.5 Å². The molecule has 21 heteroatoms. The van der Waals surface area contributed by atoms with Gasteiger partial charge in [0.25, 0.3) is 12.3 Å². The van der Waals surface area contributed by atoms with Crippen LogP contribution in [0.3, 0.4) is 0 Å². The molecule has 0 bridgehead atoms. The van der Waals surface area contributed by atoms with Gasteiger partial charge in [0.1, 0.15) is 23.9 Å². The Morgan fingerprint density at radius 3 is 2.02 bits per heavy atom. The summed E-state index contributed by atoms with van der Waals surface area (Å²) in [6.45, 7) is 6.54. The van der Waals surface area contributed by atoms with E-state index < -0.39 is 37.3 Å². The van der Waals surface area contributed by atoms with E-state index in [-0.39, 0.29) is 23.8 Å². The van der Waals surface area contributed by atoms with E-state index in [1.165, 1.54) is 0 Å². The van der Waals surface area contributed by atoms with Gasteiger partial charge in [0.15, 0.2) is 18.2 Å². The molecule has 0 aliphatic rings. The van der Waals surface area contributed by atoms with Crippen molar-refractivity contribution in [3.63, 3.8) is 0 Å². The average molecular weight is 739 g/mol. The lowest BCUT2D eigenvalue weighted by Crippen LogP contribution is -2.43. The third-order valence-corrected chi connectivity index (χ3v) is 5.58. The van der Waals surface area contributed by atoms with Crippen molar-refractivity contribution < 1.29 is 69.2 Å². The number of alkyl halides is 8. The highest BCUT2D eigenvalue weighted by molar-refractivity contribution is 5.98. The summed E-state index contributed by atoms with van der Waals surface area (Å²) in [5.41, 5.74) is 1.43. The van der Waals surface area contributed by atoms with E-state index in [0.29, 0.717) is 45.2 Å². The summed E-state index contributed by atoms with van der Waals surface area (Å²) in [6, 6.07) is 12.3. The van der Waals surface area contributed by atoms with Crippen molar-refractivity contribution >= 4 is 40.4 Å². The molecule has 2 heterocycles. The van der Waals surface area contributed by atoms with Gasteiger partial charge in [0, 0.05) is 23.4 Å². The van der Waals surface area contributed by atoms with Crippen LogP contribution in [0.25, 0.3) is 22.3 Å². The largest absolute Gasteiger partial charge is 0.490 e. The number of amides is 1. The van der Waals surface area contributed by atoms with Crippen LogP contribution in [0.5, 0.6) is 11.5 Å². The Morgan fingerprint density at radius 2 is 1.51 bits per heavy atom. The summed E-state index contributed by atoms with van der Waals surface area (Å²) < 4.78 is 101. The second-order valence-corrected chi connectivity index (χ2v) is 11.0. The quantitative estimate of drug-likeness (QED) is 0.122. The predicted molar refractivity (Wildman–Crippen MR) is 164 cm³/mol. The fourth-order valence-electron chi connectivity index (χ4n) is 3.63. The third-order valence-electron chi connectivity index (χ3n) is 5.58. The van der Waals surface area contributed by atoms with E-state index in [9.17, 15) is 39.9 Å². The fraction of sp³-hybridized carbons (Fsp3) is 0.333. The lowest BCUT2D eigenvalue weighted by Gasteiger charge is -2.20. The monoisotopic (exact) mass is 738 g/mol. The summed E-state index contributed by atoms with van der Waals surface area (Å²) >= 11 is 0. The van der Waals surface area contributed by atoms with Gasteiger partial charge in [-0.2, -0.15) is 31.4 Å².